The molecule has 0 aliphatic heterocycles. The highest BCUT2D eigenvalue weighted by molar-refractivity contribution is 9.10. The molecule has 0 radical (unpaired) electrons. The highest BCUT2D eigenvalue weighted by Gasteiger charge is 2.12. The molecular formula is C11H11BrO2. The van der Waals surface area contributed by atoms with Crippen molar-refractivity contribution in [2.75, 3.05) is 7.11 Å². The van der Waals surface area contributed by atoms with Crippen LogP contribution >= 0.6 is 15.9 Å². The van der Waals surface area contributed by atoms with Crippen LogP contribution < -0.4 is 4.74 Å². The normalized spacial score (nSPS) is 9.64. The number of ketones is 1. The molecule has 0 saturated carbocycles. The Morgan fingerprint density at radius 1 is 1.50 bits per heavy atom. The maximum absolute atomic E-state index is 11.6. The molecule has 0 bridgehead atoms. The summed E-state index contributed by atoms with van der Waals surface area (Å²) in [5.41, 5.74) is 1.05. The Morgan fingerprint density at radius 2 is 2.14 bits per heavy atom. The molecule has 1 rings (SSSR count). The van der Waals surface area contributed by atoms with Crippen molar-refractivity contribution in [2.24, 2.45) is 0 Å². The molecule has 14 heavy (non-hydrogen) atoms. The summed E-state index contributed by atoms with van der Waals surface area (Å²) in [7, 11) is 1.54. The van der Waals surface area contributed by atoms with E-state index >= 15 is 0 Å². The summed E-state index contributed by atoms with van der Waals surface area (Å²) in [4.78, 5) is 11.6. The molecule has 0 N–H and O–H groups in total. The topological polar surface area (TPSA) is 26.3 Å². The molecule has 0 spiro atoms. The first-order valence-corrected chi connectivity index (χ1v) is 4.89. The maximum Gasteiger partial charge on any atom is 0.191 e. The molecule has 0 aliphatic rings. The van der Waals surface area contributed by atoms with Gasteiger partial charge < -0.3 is 4.74 Å². The van der Waals surface area contributed by atoms with E-state index < -0.39 is 0 Å². The van der Waals surface area contributed by atoms with Crippen molar-refractivity contribution in [3.8, 4) is 5.75 Å². The second-order valence-corrected chi connectivity index (χ2v) is 3.87. The van der Waals surface area contributed by atoms with Gasteiger partial charge in [0.05, 0.1) is 12.7 Å². The number of ether oxygens (including phenoxy) is 1. The summed E-state index contributed by atoms with van der Waals surface area (Å²) in [6.07, 6.45) is 0. The highest BCUT2D eigenvalue weighted by atomic mass is 79.9. The van der Waals surface area contributed by atoms with Gasteiger partial charge in [0.25, 0.3) is 0 Å². The van der Waals surface area contributed by atoms with Gasteiger partial charge in [0.1, 0.15) is 5.75 Å². The van der Waals surface area contributed by atoms with Crippen molar-refractivity contribution < 1.29 is 9.53 Å². The van der Waals surface area contributed by atoms with Crippen LogP contribution in [0, 0.1) is 0 Å². The van der Waals surface area contributed by atoms with E-state index in [4.69, 9.17) is 4.74 Å². The molecular weight excluding hydrogens is 244 g/mol. The molecule has 0 atom stereocenters. The van der Waals surface area contributed by atoms with Crippen molar-refractivity contribution in [3.63, 3.8) is 0 Å². The predicted octanol–water partition coefficient (Wildman–Crippen LogP) is 3.22. The highest BCUT2D eigenvalue weighted by Crippen LogP contribution is 2.25. The monoisotopic (exact) mass is 254 g/mol. The number of Topliss-reactive ketones (excluding diaryl/α,β-unsaturated/α-hetero) is 1. The predicted molar refractivity (Wildman–Crippen MR) is 59.8 cm³/mol. The van der Waals surface area contributed by atoms with Crippen molar-refractivity contribution in [2.45, 2.75) is 6.92 Å². The van der Waals surface area contributed by atoms with E-state index in [1.807, 2.05) is 0 Å². The van der Waals surface area contributed by atoms with Gasteiger partial charge >= 0.3 is 0 Å². The number of carbonyl (C=O) groups is 1. The Kier molecular flexibility index (Phi) is 3.47. The minimum atomic E-state index is -0.0886. The van der Waals surface area contributed by atoms with Crippen molar-refractivity contribution in [1.29, 1.82) is 0 Å². The van der Waals surface area contributed by atoms with Crippen molar-refractivity contribution >= 4 is 21.7 Å². The molecule has 0 heterocycles. The molecule has 2 nitrogen and oxygen atoms in total. The van der Waals surface area contributed by atoms with E-state index in [1.165, 1.54) is 7.11 Å². The fourth-order valence-electron chi connectivity index (χ4n) is 1.08. The lowest BCUT2D eigenvalue weighted by molar-refractivity contribution is 0.103. The average molecular weight is 255 g/mol. The van der Waals surface area contributed by atoms with Gasteiger partial charge in [-0.15, -0.1) is 0 Å². The van der Waals surface area contributed by atoms with Gasteiger partial charge in [-0.05, 0) is 30.7 Å². The Balaban J connectivity index is 3.20. The second kappa shape index (κ2) is 4.42. The van der Waals surface area contributed by atoms with E-state index in [9.17, 15) is 4.79 Å². The zero-order chi connectivity index (χ0) is 10.7. The van der Waals surface area contributed by atoms with Crippen LogP contribution in [0.4, 0.5) is 0 Å². The second-order valence-electron chi connectivity index (χ2n) is 2.95. The van der Waals surface area contributed by atoms with Crippen LogP contribution in [0.3, 0.4) is 0 Å². The number of halogens is 1. The van der Waals surface area contributed by atoms with E-state index in [2.05, 4.69) is 22.5 Å². The van der Waals surface area contributed by atoms with Crippen LogP contribution in [-0.2, 0) is 0 Å². The SMILES string of the molecule is C=C(C)C(=O)c1ccc(Br)cc1OC. The molecule has 0 aromatic heterocycles. The van der Waals surface area contributed by atoms with E-state index in [1.54, 1.807) is 25.1 Å². The van der Waals surface area contributed by atoms with Gasteiger partial charge in [-0.2, -0.15) is 0 Å². The molecule has 0 aliphatic carbocycles. The lowest BCUT2D eigenvalue weighted by Crippen LogP contribution is -2.02. The fraction of sp³-hybridized carbons (Fsp3) is 0.182. The van der Waals surface area contributed by atoms with Gasteiger partial charge in [-0.3, -0.25) is 4.79 Å². The van der Waals surface area contributed by atoms with Crippen LogP contribution in [0.25, 0.3) is 0 Å². The largest absolute Gasteiger partial charge is 0.496 e. The third-order valence-electron chi connectivity index (χ3n) is 1.80. The molecule has 3 heteroatoms. The number of rotatable bonds is 3. The number of hydrogen-bond donors (Lipinski definition) is 0. The molecule has 0 unspecified atom stereocenters. The van der Waals surface area contributed by atoms with Gasteiger partial charge in [0.2, 0.25) is 0 Å². The number of carbonyl (C=O) groups excluding carboxylic acids is 1. The third kappa shape index (κ3) is 2.23. The third-order valence-corrected chi connectivity index (χ3v) is 2.29. The van der Waals surface area contributed by atoms with Gasteiger partial charge in [0, 0.05) is 4.47 Å². The summed E-state index contributed by atoms with van der Waals surface area (Å²) in [6.45, 7) is 5.30. The maximum atomic E-state index is 11.6. The van der Waals surface area contributed by atoms with Gasteiger partial charge in [-0.25, -0.2) is 0 Å². The minimum Gasteiger partial charge on any atom is -0.496 e. The van der Waals surface area contributed by atoms with Crippen LogP contribution in [-0.4, -0.2) is 12.9 Å². The fourth-order valence-corrected chi connectivity index (χ4v) is 1.42. The first-order valence-electron chi connectivity index (χ1n) is 4.10. The number of allylic oxidation sites excluding steroid dienone is 1. The Morgan fingerprint density at radius 3 is 2.64 bits per heavy atom. The minimum absolute atomic E-state index is 0.0886. The smallest absolute Gasteiger partial charge is 0.191 e. The standard InChI is InChI=1S/C11H11BrO2/c1-7(2)11(13)9-5-4-8(12)6-10(9)14-3/h4-6H,1H2,2-3H3. The van der Waals surface area contributed by atoms with Crippen LogP contribution in [0.1, 0.15) is 17.3 Å². The number of hydrogen-bond acceptors (Lipinski definition) is 2. The summed E-state index contributed by atoms with van der Waals surface area (Å²) >= 11 is 3.31. The summed E-state index contributed by atoms with van der Waals surface area (Å²) in [5, 5.41) is 0. The molecule has 74 valence electrons. The van der Waals surface area contributed by atoms with Gasteiger partial charge in [-0.1, -0.05) is 22.5 Å². The molecule has 1 aromatic carbocycles. The zero-order valence-corrected chi connectivity index (χ0v) is 9.72. The number of benzene rings is 1. The molecule has 0 saturated heterocycles. The Hall–Kier alpha value is -1.09. The lowest BCUT2D eigenvalue weighted by atomic mass is 10.1. The quantitative estimate of drug-likeness (QED) is 0.612. The van der Waals surface area contributed by atoms with E-state index in [0.717, 1.165) is 4.47 Å². The van der Waals surface area contributed by atoms with Crippen LogP contribution in [0.15, 0.2) is 34.8 Å². The van der Waals surface area contributed by atoms with Crippen molar-refractivity contribution in [1.82, 2.24) is 0 Å². The first kappa shape index (κ1) is 11.0. The van der Waals surface area contributed by atoms with Gasteiger partial charge in [0.15, 0.2) is 5.78 Å². The molecule has 0 amide bonds. The average Bonchev–Trinajstić information content (AvgIpc) is 2.16. The first-order chi connectivity index (χ1) is 6.56. The lowest BCUT2D eigenvalue weighted by Gasteiger charge is -2.07. The van der Waals surface area contributed by atoms with Crippen molar-refractivity contribution in [3.05, 3.63) is 40.4 Å². The van der Waals surface area contributed by atoms with Crippen LogP contribution in [0.5, 0.6) is 5.75 Å². The van der Waals surface area contributed by atoms with E-state index in [-0.39, 0.29) is 5.78 Å². The Bertz CT molecular complexity index is 383. The van der Waals surface area contributed by atoms with Crippen LogP contribution in [0.2, 0.25) is 0 Å². The van der Waals surface area contributed by atoms with E-state index in [0.29, 0.717) is 16.9 Å². The summed E-state index contributed by atoms with van der Waals surface area (Å²) in [5.74, 6) is 0.474. The number of methoxy groups -OCH3 is 1. The Labute approximate surface area is 91.7 Å². The summed E-state index contributed by atoms with van der Waals surface area (Å²) < 4.78 is 5.99. The molecule has 1 aromatic rings. The zero-order valence-electron chi connectivity index (χ0n) is 8.13. The molecule has 0 fully saturated rings. The summed E-state index contributed by atoms with van der Waals surface area (Å²) in [6, 6.07) is 5.29.